The van der Waals surface area contributed by atoms with Crippen LogP contribution in [0.4, 0.5) is 20.4 Å². The van der Waals surface area contributed by atoms with Crippen molar-refractivity contribution in [1.82, 2.24) is 39.0 Å². The molecule has 3 aromatic carbocycles. The zero-order valence-electron chi connectivity index (χ0n) is 36.5. The molecule has 0 radical (unpaired) electrons. The highest BCUT2D eigenvalue weighted by Crippen LogP contribution is 2.38. The molecule has 19 nitrogen and oxygen atoms in total. The second kappa shape index (κ2) is 21.9. The molecule has 2 amide bonds. The molecule has 7 aromatic rings. The molecule has 348 valence electrons. The van der Waals surface area contributed by atoms with Crippen LogP contribution in [0.5, 0.6) is 5.75 Å². The topological polar surface area (TPSA) is 237 Å². The van der Waals surface area contributed by atoms with Crippen LogP contribution >= 0.6 is 8.03 Å². The summed E-state index contributed by atoms with van der Waals surface area (Å²) in [5, 5.41) is 15.4. The number of benzene rings is 3. The maximum absolute atomic E-state index is 15.1. The van der Waals surface area contributed by atoms with E-state index in [-0.39, 0.29) is 23.5 Å². The number of hydrogen-bond acceptors (Lipinski definition) is 15. The van der Waals surface area contributed by atoms with Gasteiger partial charge < -0.3 is 30.0 Å². The Bertz CT molecular complexity index is 2810. The van der Waals surface area contributed by atoms with Gasteiger partial charge in [0.15, 0.2) is 77.3 Å². The van der Waals surface area contributed by atoms with Crippen LogP contribution in [0.3, 0.4) is 0 Å². The van der Waals surface area contributed by atoms with Crippen molar-refractivity contribution >= 4 is 59.8 Å². The van der Waals surface area contributed by atoms with Gasteiger partial charge in [0.2, 0.25) is 0 Å². The van der Waals surface area contributed by atoms with Crippen molar-refractivity contribution in [1.29, 1.82) is 0 Å². The van der Waals surface area contributed by atoms with Crippen molar-refractivity contribution < 1.29 is 51.6 Å². The number of anilines is 2. The number of nitrogens with one attached hydrogen (secondary N) is 2. The van der Waals surface area contributed by atoms with Crippen molar-refractivity contribution in [2.45, 2.75) is 82.8 Å². The number of para-hydroxylation sites is 1. The lowest BCUT2D eigenvalue weighted by molar-refractivity contribution is -0.151. The summed E-state index contributed by atoms with van der Waals surface area (Å²) in [6.45, 7) is 6.40. The molecular formula is C45H46F2N10O9P+. The number of esters is 1. The Kier molecular flexibility index (Phi) is 15.6. The van der Waals surface area contributed by atoms with E-state index in [2.05, 4.69) is 40.5 Å². The molecule has 2 saturated heterocycles. The summed E-state index contributed by atoms with van der Waals surface area (Å²) in [5.74, 6) is -0.197. The third-order valence-electron chi connectivity index (χ3n) is 10.4. The summed E-state index contributed by atoms with van der Waals surface area (Å²) in [5.41, 5.74) is 2.14. The van der Waals surface area contributed by atoms with Crippen LogP contribution in [-0.4, -0.2) is 105 Å². The van der Waals surface area contributed by atoms with Crippen LogP contribution in [-0.2, 0) is 23.6 Å². The Morgan fingerprint density at radius 2 is 1.13 bits per heavy atom. The molecule has 22 heteroatoms. The van der Waals surface area contributed by atoms with Crippen LogP contribution in [0.1, 0.15) is 66.8 Å². The third kappa shape index (κ3) is 11.1. The SMILES string of the molecule is CC[C@H]1O[C@@H](n2cnc3c(NC(=O)c4ccccc4)ncnc32)[C@@H](F)[C@H]1O.CC[C@H]1O[C@@H](n2cnc3c(NC(=O)c4ccccc4)ncnc32)[C@@H](F)[C@H]1OC(C)=O.C[P+](=O)Oc1ccccc1. The molecule has 2 aliphatic rings. The van der Waals surface area contributed by atoms with Crippen LogP contribution in [0, 0.1) is 0 Å². The number of aromatic nitrogens is 8. The van der Waals surface area contributed by atoms with Crippen LogP contribution in [0.15, 0.2) is 116 Å². The predicted octanol–water partition coefficient (Wildman–Crippen LogP) is 7.18. The molecule has 0 bridgehead atoms. The minimum absolute atomic E-state index is 0.199. The van der Waals surface area contributed by atoms with Crippen molar-refractivity contribution in [3.63, 3.8) is 0 Å². The first kappa shape index (κ1) is 47.8. The van der Waals surface area contributed by atoms with Gasteiger partial charge in [0.1, 0.15) is 24.9 Å². The Morgan fingerprint density at radius 3 is 1.57 bits per heavy atom. The van der Waals surface area contributed by atoms with E-state index < -0.39 is 63.2 Å². The predicted molar refractivity (Wildman–Crippen MR) is 240 cm³/mol. The quantitative estimate of drug-likeness (QED) is 0.0860. The van der Waals surface area contributed by atoms with Gasteiger partial charge in [-0.1, -0.05) is 68.4 Å². The number of alkyl halides is 2. The molecule has 0 aliphatic carbocycles. The summed E-state index contributed by atoms with van der Waals surface area (Å²) in [4.78, 5) is 61.1. The van der Waals surface area contributed by atoms with Gasteiger partial charge in [-0.2, -0.15) is 0 Å². The molecule has 0 saturated carbocycles. The van der Waals surface area contributed by atoms with Gasteiger partial charge in [-0.25, -0.2) is 38.7 Å². The highest BCUT2D eigenvalue weighted by molar-refractivity contribution is 7.38. The smallest absolute Gasteiger partial charge is 0.456 e. The highest BCUT2D eigenvalue weighted by Gasteiger charge is 2.48. The Hall–Kier alpha value is -7.19. The number of hydrogen-bond donors (Lipinski definition) is 3. The monoisotopic (exact) mass is 939 g/mol. The van der Waals surface area contributed by atoms with Gasteiger partial charge in [-0.05, 0) is 53.8 Å². The minimum atomic E-state index is -1.61. The maximum atomic E-state index is 15.1. The summed E-state index contributed by atoms with van der Waals surface area (Å²) >= 11 is 0. The van der Waals surface area contributed by atoms with E-state index >= 15 is 4.39 Å². The Labute approximate surface area is 382 Å². The van der Waals surface area contributed by atoms with E-state index in [1.54, 1.807) is 60.7 Å². The molecule has 2 aliphatic heterocycles. The highest BCUT2D eigenvalue weighted by atomic mass is 31.1. The molecular weight excluding hydrogens is 894 g/mol. The number of ether oxygens (including phenoxy) is 3. The average Bonchev–Trinajstić information content (AvgIpc) is 4.11. The van der Waals surface area contributed by atoms with E-state index in [0.29, 0.717) is 52.0 Å². The van der Waals surface area contributed by atoms with E-state index in [4.69, 9.17) is 18.7 Å². The first-order valence-corrected chi connectivity index (χ1v) is 22.7. The number of rotatable bonds is 11. The zero-order valence-corrected chi connectivity index (χ0v) is 37.4. The van der Waals surface area contributed by atoms with E-state index in [1.165, 1.54) is 48.0 Å². The number of aliphatic hydroxyl groups excluding tert-OH is 1. The van der Waals surface area contributed by atoms with Crippen LogP contribution in [0.2, 0.25) is 0 Å². The molecule has 6 heterocycles. The molecule has 67 heavy (non-hydrogen) atoms. The first-order chi connectivity index (χ1) is 32.4. The van der Waals surface area contributed by atoms with Gasteiger partial charge in [-0.3, -0.25) is 28.0 Å². The normalized spacial score (nSPS) is 22.2. The lowest BCUT2D eigenvalue weighted by Gasteiger charge is -2.17. The first-order valence-electron chi connectivity index (χ1n) is 21.0. The lowest BCUT2D eigenvalue weighted by atomic mass is 10.1. The zero-order chi connectivity index (χ0) is 47.6. The number of nitrogens with zero attached hydrogens (tertiary/aromatic N) is 8. The fourth-order valence-electron chi connectivity index (χ4n) is 7.27. The number of carbonyl (C=O) groups excluding carboxylic acids is 3. The summed E-state index contributed by atoms with van der Waals surface area (Å²) in [7, 11) is -1.53. The van der Waals surface area contributed by atoms with Crippen molar-refractivity contribution in [3.05, 3.63) is 127 Å². The lowest BCUT2D eigenvalue weighted by Crippen LogP contribution is -2.33. The maximum Gasteiger partial charge on any atom is 0.552 e. The van der Waals surface area contributed by atoms with Crippen molar-refractivity contribution in [3.8, 4) is 5.75 Å². The molecule has 0 spiro atoms. The number of carbonyl (C=O) groups is 3. The Balaban J connectivity index is 0.000000166. The van der Waals surface area contributed by atoms with Gasteiger partial charge in [0.25, 0.3) is 11.8 Å². The van der Waals surface area contributed by atoms with Gasteiger partial charge in [-0.15, -0.1) is 0 Å². The number of imidazole rings is 2. The molecule has 3 N–H and O–H groups in total. The van der Waals surface area contributed by atoms with Crippen molar-refractivity contribution in [2.24, 2.45) is 0 Å². The van der Waals surface area contributed by atoms with E-state index in [0.717, 1.165) is 0 Å². The van der Waals surface area contributed by atoms with E-state index in [1.807, 2.05) is 44.2 Å². The molecule has 2 fully saturated rings. The summed E-state index contributed by atoms with van der Waals surface area (Å²) in [6, 6.07) is 26.5. The molecule has 9 atom stereocenters. The summed E-state index contributed by atoms with van der Waals surface area (Å²) < 4.78 is 64.5. The van der Waals surface area contributed by atoms with Gasteiger partial charge >= 0.3 is 14.0 Å². The second-order valence-corrected chi connectivity index (χ2v) is 16.0. The van der Waals surface area contributed by atoms with Crippen molar-refractivity contribution in [2.75, 3.05) is 17.3 Å². The number of amides is 2. The summed E-state index contributed by atoms with van der Waals surface area (Å²) in [6.07, 6.45) is -2.53. The van der Waals surface area contributed by atoms with Crippen LogP contribution < -0.4 is 15.2 Å². The fraction of sp³-hybridized carbons (Fsp3) is 0.311. The standard InChI is InChI=1S/C20H20FN5O4.C18H18FN5O3.C7H8O2P/c1-3-13-16(29-11(2)27)14(21)20(30-13)26-10-24-15-17(22-9-23-18(15)26)25-19(28)12-7-5-4-6-8-12;1-2-11-14(25)12(19)18(27-11)24-9-22-13-15(20-8-21-16(13)24)23-17(26)10-6-4-3-5-7-10;1-10(8)9-7-5-3-2-4-6-7/h4-10,13-14,16,20H,3H2,1-2H3,(H,22,23,25,28);3-9,11-12,14,18,25H,2H2,1H3,(H,20,21,23,26);2-6H,1H3/q;;+1/t13-,14+,16+,20-;11-,12+,14+,18-;/m11./s1. The third-order valence-corrected chi connectivity index (χ3v) is 10.9. The average molecular weight is 940 g/mol. The number of halogens is 2. The largest absolute Gasteiger partial charge is 0.552 e. The van der Waals surface area contributed by atoms with E-state index in [9.17, 15) is 28.4 Å². The van der Waals surface area contributed by atoms with Gasteiger partial charge in [0.05, 0.1) is 18.8 Å². The van der Waals surface area contributed by atoms with Gasteiger partial charge in [0, 0.05) is 18.1 Å². The molecule has 9 rings (SSSR count). The minimum Gasteiger partial charge on any atom is -0.456 e. The fourth-order valence-corrected chi connectivity index (χ4v) is 7.69. The number of aliphatic hydroxyl groups is 1. The Morgan fingerprint density at radius 1 is 0.687 bits per heavy atom. The molecule has 1 unspecified atom stereocenters. The number of fused-ring (bicyclic) bond motifs is 2. The van der Waals surface area contributed by atoms with Crippen LogP contribution in [0.25, 0.3) is 22.3 Å². The molecule has 4 aromatic heterocycles. The second-order valence-electron chi connectivity index (χ2n) is 15.0.